The fraction of sp³-hybridized carbons (Fsp3) is 0.310. The minimum atomic E-state index is -0.668. The Morgan fingerprint density at radius 2 is 1.38 bits per heavy atom. The first kappa shape index (κ1) is 25.2. The molecular weight excluding hydrogens is 427 g/mol. The van der Waals surface area contributed by atoms with Crippen LogP contribution in [0.5, 0.6) is 0 Å². The highest BCUT2D eigenvalue weighted by Gasteiger charge is 2.29. The predicted molar refractivity (Wildman–Crippen MR) is 134 cm³/mol. The van der Waals surface area contributed by atoms with Crippen LogP contribution < -0.4 is 5.32 Å². The molecule has 0 radical (unpaired) electrons. The predicted octanol–water partition coefficient (Wildman–Crippen LogP) is 5.68. The van der Waals surface area contributed by atoms with Gasteiger partial charge >= 0.3 is 0 Å². The second-order valence-corrected chi connectivity index (χ2v) is 8.72. The van der Waals surface area contributed by atoms with Crippen molar-refractivity contribution >= 4 is 11.8 Å². The van der Waals surface area contributed by atoms with Gasteiger partial charge in [0.1, 0.15) is 11.9 Å². The van der Waals surface area contributed by atoms with Gasteiger partial charge in [-0.05, 0) is 49.1 Å². The van der Waals surface area contributed by atoms with Crippen LogP contribution >= 0.6 is 0 Å². The van der Waals surface area contributed by atoms with Gasteiger partial charge in [0, 0.05) is 24.9 Å². The van der Waals surface area contributed by atoms with Gasteiger partial charge < -0.3 is 10.2 Å². The molecule has 4 nitrogen and oxygen atoms in total. The average Bonchev–Trinajstić information content (AvgIpc) is 2.87. The maximum absolute atomic E-state index is 13.7. The molecule has 0 bridgehead atoms. The van der Waals surface area contributed by atoms with Gasteiger partial charge in [0.2, 0.25) is 11.8 Å². The summed E-state index contributed by atoms with van der Waals surface area (Å²) in [5, 5.41) is 2.98. The van der Waals surface area contributed by atoms with Crippen LogP contribution in [0, 0.1) is 5.82 Å². The van der Waals surface area contributed by atoms with Crippen LogP contribution in [0.2, 0.25) is 0 Å². The highest BCUT2D eigenvalue weighted by molar-refractivity contribution is 5.88. The smallest absolute Gasteiger partial charge is 0.242 e. The van der Waals surface area contributed by atoms with Crippen molar-refractivity contribution in [3.63, 3.8) is 0 Å². The van der Waals surface area contributed by atoms with Gasteiger partial charge in [-0.25, -0.2) is 4.39 Å². The molecule has 0 saturated carbocycles. The molecule has 0 heterocycles. The van der Waals surface area contributed by atoms with Crippen molar-refractivity contribution in [2.45, 2.75) is 58.2 Å². The number of nitrogens with one attached hydrogen (secondary N) is 1. The summed E-state index contributed by atoms with van der Waals surface area (Å²) in [6.45, 7) is 5.92. The topological polar surface area (TPSA) is 49.4 Å². The molecule has 0 aliphatic heterocycles. The maximum atomic E-state index is 13.7. The standard InChI is InChI=1S/C29H33FN2O2/c1-4-21(2)31-29(34)22(3)32(20-23-15-17-26(30)18-16-23)28(33)19-27(24-11-7-5-8-12-24)25-13-9-6-10-14-25/h5-18,21-22,27H,4,19-20H2,1-3H3,(H,31,34). The molecule has 3 aromatic carbocycles. The minimum absolute atomic E-state index is 0.0131. The van der Waals surface area contributed by atoms with Crippen molar-refractivity contribution in [1.82, 2.24) is 10.2 Å². The van der Waals surface area contributed by atoms with Gasteiger partial charge in [0.25, 0.3) is 0 Å². The van der Waals surface area contributed by atoms with Crippen molar-refractivity contribution in [2.24, 2.45) is 0 Å². The number of carbonyl (C=O) groups excluding carboxylic acids is 2. The lowest BCUT2D eigenvalue weighted by atomic mass is 9.88. The number of hydrogen-bond donors (Lipinski definition) is 1. The van der Waals surface area contributed by atoms with E-state index in [4.69, 9.17) is 0 Å². The van der Waals surface area contributed by atoms with Gasteiger partial charge in [-0.15, -0.1) is 0 Å². The van der Waals surface area contributed by atoms with E-state index >= 15 is 0 Å². The zero-order valence-electron chi connectivity index (χ0n) is 20.1. The lowest BCUT2D eigenvalue weighted by molar-refractivity contribution is -0.141. The van der Waals surface area contributed by atoms with Crippen LogP contribution in [-0.2, 0) is 16.1 Å². The second-order valence-electron chi connectivity index (χ2n) is 8.72. The number of hydrogen-bond acceptors (Lipinski definition) is 2. The molecule has 0 aliphatic carbocycles. The van der Waals surface area contributed by atoms with Crippen molar-refractivity contribution in [1.29, 1.82) is 0 Å². The molecule has 0 aliphatic rings. The summed E-state index contributed by atoms with van der Waals surface area (Å²) < 4.78 is 13.5. The number of nitrogens with zero attached hydrogens (tertiary/aromatic N) is 1. The molecular formula is C29H33FN2O2. The van der Waals surface area contributed by atoms with Crippen LogP contribution in [0.25, 0.3) is 0 Å². The first-order chi connectivity index (χ1) is 16.4. The number of benzene rings is 3. The Hall–Kier alpha value is -3.47. The highest BCUT2D eigenvalue weighted by Crippen LogP contribution is 2.29. The molecule has 178 valence electrons. The molecule has 2 amide bonds. The van der Waals surface area contributed by atoms with Gasteiger partial charge in [-0.2, -0.15) is 0 Å². The van der Waals surface area contributed by atoms with E-state index in [-0.39, 0.29) is 42.6 Å². The summed E-state index contributed by atoms with van der Waals surface area (Å²) in [6.07, 6.45) is 1.02. The number of carbonyl (C=O) groups is 2. The minimum Gasteiger partial charge on any atom is -0.352 e. The third kappa shape index (κ3) is 6.77. The molecule has 3 aromatic rings. The normalized spacial score (nSPS) is 12.7. The van der Waals surface area contributed by atoms with E-state index in [1.807, 2.05) is 74.5 Å². The zero-order valence-corrected chi connectivity index (χ0v) is 20.1. The Bertz CT molecular complexity index is 1020. The molecule has 0 spiro atoms. The highest BCUT2D eigenvalue weighted by atomic mass is 19.1. The molecule has 2 atom stereocenters. The van der Waals surface area contributed by atoms with E-state index in [1.165, 1.54) is 12.1 Å². The Morgan fingerprint density at radius 1 is 0.853 bits per heavy atom. The largest absolute Gasteiger partial charge is 0.352 e. The lowest BCUT2D eigenvalue weighted by Crippen LogP contribution is -2.49. The molecule has 5 heteroatoms. The summed E-state index contributed by atoms with van der Waals surface area (Å²) >= 11 is 0. The van der Waals surface area contributed by atoms with Gasteiger partial charge in [-0.3, -0.25) is 9.59 Å². The van der Waals surface area contributed by atoms with E-state index in [0.717, 1.165) is 23.1 Å². The summed E-state index contributed by atoms with van der Waals surface area (Å²) in [7, 11) is 0. The SMILES string of the molecule is CCC(C)NC(=O)C(C)N(Cc1ccc(F)cc1)C(=O)CC(c1ccccc1)c1ccccc1. The van der Waals surface area contributed by atoms with Crippen molar-refractivity contribution < 1.29 is 14.0 Å². The second kappa shape index (κ2) is 12.1. The van der Waals surface area contributed by atoms with E-state index in [1.54, 1.807) is 24.0 Å². The van der Waals surface area contributed by atoms with Crippen molar-refractivity contribution in [3.8, 4) is 0 Å². The van der Waals surface area contributed by atoms with E-state index < -0.39 is 6.04 Å². The summed E-state index contributed by atoms with van der Waals surface area (Å²) in [4.78, 5) is 28.3. The maximum Gasteiger partial charge on any atom is 0.242 e. The zero-order chi connectivity index (χ0) is 24.5. The molecule has 2 unspecified atom stereocenters. The molecule has 1 N–H and O–H groups in total. The van der Waals surface area contributed by atoms with E-state index in [9.17, 15) is 14.0 Å². The molecule has 0 aromatic heterocycles. The number of amides is 2. The Morgan fingerprint density at radius 3 is 1.88 bits per heavy atom. The first-order valence-corrected chi connectivity index (χ1v) is 11.8. The van der Waals surface area contributed by atoms with E-state index in [2.05, 4.69) is 5.32 Å². The lowest BCUT2D eigenvalue weighted by Gasteiger charge is -2.31. The van der Waals surface area contributed by atoms with Crippen molar-refractivity contribution in [2.75, 3.05) is 0 Å². The van der Waals surface area contributed by atoms with Crippen LogP contribution in [-0.4, -0.2) is 28.8 Å². The third-order valence-corrected chi connectivity index (χ3v) is 6.22. The molecule has 34 heavy (non-hydrogen) atoms. The quantitative estimate of drug-likeness (QED) is 0.423. The molecule has 3 rings (SSSR count). The van der Waals surface area contributed by atoms with Crippen LogP contribution in [0.4, 0.5) is 4.39 Å². The summed E-state index contributed by atoms with van der Waals surface area (Å²) in [6, 6.07) is 25.3. The Balaban J connectivity index is 1.90. The molecule has 0 fully saturated rings. The van der Waals surface area contributed by atoms with Crippen LogP contribution in [0.1, 0.15) is 56.2 Å². The molecule has 0 saturated heterocycles. The van der Waals surface area contributed by atoms with Gasteiger partial charge in [0.05, 0.1) is 0 Å². The first-order valence-electron chi connectivity index (χ1n) is 11.8. The summed E-state index contributed by atoms with van der Waals surface area (Å²) in [5.74, 6) is -0.803. The third-order valence-electron chi connectivity index (χ3n) is 6.22. The van der Waals surface area contributed by atoms with E-state index in [0.29, 0.717) is 0 Å². The fourth-order valence-corrected chi connectivity index (χ4v) is 3.93. The summed E-state index contributed by atoms with van der Waals surface area (Å²) in [5.41, 5.74) is 2.86. The van der Waals surface area contributed by atoms with Gasteiger partial charge in [-0.1, -0.05) is 79.7 Å². The Labute approximate surface area is 201 Å². The number of halogens is 1. The van der Waals surface area contributed by atoms with Crippen LogP contribution in [0.3, 0.4) is 0 Å². The van der Waals surface area contributed by atoms with Crippen molar-refractivity contribution in [3.05, 3.63) is 107 Å². The number of rotatable bonds is 10. The Kier molecular flexibility index (Phi) is 8.97. The average molecular weight is 461 g/mol. The fourth-order valence-electron chi connectivity index (χ4n) is 3.93. The van der Waals surface area contributed by atoms with Crippen LogP contribution in [0.15, 0.2) is 84.9 Å². The van der Waals surface area contributed by atoms with Gasteiger partial charge in [0.15, 0.2) is 0 Å². The monoisotopic (exact) mass is 460 g/mol.